The van der Waals surface area contributed by atoms with Gasteiger partial charge < -0.3 is 4.98 Å². The van der Waals surface area contributed by atoms with Gasteiger partial charge in [0, 0.05) is 13.0 Å². The first-order valence-corrected chi connectivity index (χ1v) is 8.40. The Hall–Kier alpha value is -1.74. The highest BCUT2D eigenvalue weighted by molar-refractivity contribution is 7.89. The average molecular weight is 312 g/mol. The number of nitrogens with one attached hydrogen (secondary N) is 2. The predicted molar refractivity (Wildman–Crippen MR) is 77.0 cm³/mol. The lowest BCUT2D eigenvalue weighted by atomic mass is 10.3. The van der Waals surface area contributed by atoms with Gasteiger partial charge in [0.1, 0.15) is 18.0 Å². The number of aromatic nitrogens is 5. The summed E-state index contributed by atoms with van der Waals surface area (Å²) < 4.78 is 28.9. The van der Waals surface area contributed by atoms with Gasteiger partial charge in [0.25, 0.3) is 10.0 Å². The molecular formula is C12H20N6O2S. The van der Waals surface area contributed by atoms with Crippen LogP contribution in [0.2, 0.25) is 0 Å². The molecule has 0 bridgehead atoms. The smallest absolute Gasteiger partial charge is 0.258 e. The summed E-state index contributed by atoms with van der Waals surface area (Å²) in [6.07, 6.45) is 4.30. The number of H-pyrrole nitrogens is 1. The molecule has 0 aliphatic heterocycles. The van der Waals surface area contributed by atoms with E-state index < -0.39 is 16.1 Å². The van der Waals surface area contributed by atoms with Gasteiger partial charge >= 0.3 is 0 Å². The number of imidazole rings is 1. The molecule has 0 aromatic carbocycles. The van der Waals surface area contributed by atoms with Crippen molar-refractivity contribution in [3.05, 3.63) is 24.2 Å². The molecule has 8 nitrogen and oxygen atoms in total. The van der Waals surface area contributed by atoms with Crippen molar-refractivity contribution < 1.29 is 8.42 Å². The van der Waals surface area contributed by atoms with Crippen LogP contribution in [0.4, 0.5) is 0 Å². The molecule has 0 aliphatic carbocycles. The molecule has 2 aromatic rings. The SMILES string of the molecule is CCCn1ncnc1[C@H](C)NS(=O)(=O)c1cnc(CC)[nH]1. The van der Waals surface area contributed by atoms with Gasteiger partial charge in [-0.05, 0) is 13.3 Å². The first-order valence-electron chi connectivity index (χ1n) is 6.91. The normalized spacial score (nSPS) is 13.5. The van der Waals surface area contributed by atoms with Gasteiger partial charge in [-0.2, -0.15) is 9.82 Å². The van der Waals surface area contributed by atoms with Gasteiger partial charge in [-0.1, -0.05) is 13.8 Å². The Labute approximate surface area is 124 Å². The van der Waals surface area contributed by atoms with Gasteiger partial charge in [0.15, 0.2) is 5.03 Å². The number of hydrogen-bond acceptors (Lipinski definition) is 5. The van der Waals surface area contributed by atoms with Crippen LogP contribution >= 0.6 is 0 Å². The van der Waals surface area contributed by atoms with Crippen molar-refractivity contribution in [3.63, 3.8) is 0 Å². The van der Waals surface area contributed by atoms with Crippen molar-refractivity contribution in [2.75, 3.05) is 0 Å². The molecule has 2 rings (SSSR count). The van der Waals surface area contributed by atoms with Crippen molar-refractivity contribution in [3.8, 4) is 0 Å². The van der Waals surface area contributed by atoms with Crippen LogP contribution in [0.25, 0.3) is 0 Å². The van der Waals surface area contributed by atoms with Crippen LogP contribution in [0.1, 0.15) is 44.9 Å². The van der Waals surface area contributed by atoms with E-state index in [2.05, 4.69) is 24.8 Å². The monoisotopic (exact) mass is 312 g/mol. The van der Waals surface area contributed by atoms with Crippen molar-refractivity contribution in [1.29, 1.82) is 0 Å². The topological polar surface area (TPSA) is 106 Å². The molecule has 0 fully saturated rings. The molecule has 0 spiro atoms. The average Bonchev–Trinajstić information content (AvgIpc) is 3.07. The van der Waals surface area contributed by atoms with E-state index in [4.69, 9.17) is 0 Å². The van der Waals surface area contributed by atoms with Gasteiger partial charge in [0.2, 0.25) is 0 Å². The largest absolute Gasteiger partial charge is 0.332 e. The quantitative estimate of drug-likeness (QED) is 0.794. The lowest BCUT2D eigenvalue weighted by molar-refractivity contribution is 0.514. The Morgan fingerprint density at radius 2 is 2.14 bits per heavy atom. The molecule has 2 aromatic heterocycles. The van der Waals surface area contributed by atoms with E-state index in [1.54, 1.807) is 11.6 Å². The molecule has 0 radical (unpaired) electrons. The standard InChI is InChI=1S/C12H20N6O2S/c1-4-6-18-12(14-8-15-18)9(3)17-21(19,20)11-7-13-10(5-2)16-11/h7-9,17H,4-6H2,1-3H3,(H,13,16)/t9-/m0/s1. The van der Waals surface area contributed by atoms with Gasteiger partial charge in [-0.25, -0.2) is 23.1 Å². The summed E-state index contributed by atoms with van der Waals surface area (Å²) in [6.45, 7) is 6.37. The number of sulfonamides is 1. The Balaban J connectivity index is 2.17. The Bertz CT molecular complexity index is 690. The van der Waals surface area contributed by atoms with E-state index in [0.717, 1.165) is 6.42 Å². The van der Waals surface area contributed by atoms with E-state index in [9.17, 15) is 8.42 Å². The molecule has 2 heterocycles. The van der Waals surface area contributed by atoms with Crippen LogP contribution in [-0.2, 0) is 23.0 Å². The van der Waals surface area contributed by atoms with E-state index >= 15 is 0 Å². The van der Waals surface area contributed by atoms with Crippen LogP contribution in [0.3, 0.4) is 0 Å². The van der Waals surface area contributed by atoms with Gasteiger partial charge in [0.05, 0.1) is 12.2 Å². The lowest BCUT2D eigenvalue weighted by Crippen LogP contribution is -2.29. The van der Waals surface area contributed by atoms with Crippen LogP contribution in [0.5, 0.6) is 0 Å². The summed E-state index contributed by atoms with van der Waals surface area (Å²) >= 11 is 0. The second kappa shape index (κ2) is 6.35. The summed E-state index contributed by atoms with van der Waals surface area (Å²) in [6, 6.07) is -0.475. The van der Waals surface area contributed by atoms with Gasteiger partial charge in [-0.3, -0.25) is 0 Å². The van der Waals surface area contributed by atoms with Crippen molar-refractivity contribution >= 4 is 10.0 Å². The molecule has 0 saturated carbocycles. The number of aromatic amines is 1. The zero-order valence-electron chi connectivity index (χ0n) is 12.4. The van der Waals surface area contributed by atoms with Crippen LogP contribution in [0, 0.1) is 0 Å². The molecule has 1 atom stereocenters. The summed E-state index contributed by atoms with van der Waals surface area (Å²) in [4.78, 5) is 10.9. The third-order valence-corrected chi connectivity index (χ3v) is 4.48. The summed E-state index contributed by atoms with van der Waals surface area (Å²) in [5.41, 5.74) is 0. The van der Waals surface area contributed by atoms with E-state index in [1.807, 2.05) is 13.8 Å². The summed E-state index contributed by atoms with van der Waals surface area (Å²) in [5, 5.41) is 4.16. The molecule has 21 heavy (non-hydrogen) atoms. The fourth-order valence-electron chi connectivity index (χ4n) is 2.00. The lowest BCUT2D eigenvalue weighted by Gasteiger charge is -2.13. The number of nitrogens with zero attached hydrogens (tertiary/aromatic N) is 4. The molecule has 0 aliphatic rings. The molecule has 0 saturated heterocycles. The fraction of sp³-hybridized carbons (Fsp3) is 0.583. The second-order valence-corrected chi connectivity index (χ2v) is 6.41. The fourth-order valence-corrected chi connectivity index (χ4v) is 3.14. The number of rotatable bonds is 7. The highest BCUT2D eigenvalue weighted by Gasteiger charge is 2.23. The van der Waals surface area contributed by atoms with Crippen molar-refractivity contribution in [2.24, 2.45) is 0 Å². The highest BCUT2D eigenvalue weighted by atomic mass is 32.2. The maximum Gasteiger partial charge on any atom is 0.258 e. The Morgan fingerprint density at radius 3 is 2.76 bits per heavy atom. The third-order valence-electron chi connectivity index (χ3n) is 3.03. The van der Waals surface area contributed by atoms with Crippen LogP contribution in [-0.4, -0.2) is 33.2 Å². The molecule has 2 N–H and O–H groups in total. The van der Waals surface area contributed by atoms with Gasteiger partial charge in [-0.15, -0.1) is 0 Å². The summed E-state index contributed by atoms with van der Waals surface area (Å²) in [7, 11) is -3.66. The first-order chi connectivity index (χ1) is 9.97. The minimum Gasteiger partial charge on any atom is -0.332 e. The molecule has 116 valence electrons. The molecular weight excluding hydrogens is 292 g/mol. The van der Waals surface area contributed by atoms with Crippen molar-refractivity contribution in [1.82, 2.24) is 29.5 Å². The Morgan fingerprint density at radius 1 is 1.38 bits per heavy atom. The zero-order valence-corrected chi connectivity index (χ0v) is 13.2. The predicted octanol–water partition coefficient (Wildman–Crippen LogP) is 1.01. The minimum absolute atomic E-state index is 0.0627. The van der Waals surface area contributed by atoms with Crippen molar-refractivity contribution in [2.45, 2.75) is 51.2 Å². The van der Waals surface area contributed by atoms with Crippen LogP contribution in [0.15, 0.2) is 17.6 Å². The van der Waals surface area contributed by atoms with E-state index in [0.29, 0.717) is 24.6 Å². The third kappa shape index (κ3) is 3.48. The number of hydrogen-bond donors (Lipinski definition) is 2. The zero-order chi connectivity index (χ0) is 15.5. The minimum atomic E-state index is -3.66. The highest BCUT2D eigenvalue weighted by Crippen LogP contribution is 2.14. The first kappa shape index (κ1) is 15.6. The molecule has 0 unspecified atom stereocenters. The van der Waals surface area contributed by atoms with E-state index in [1.165, 1.54) is 12.5 Å². The maximum absolute atomic E-state index is 12.3. The van der Waals surface area contributed by atoms with Crippen LogP contribution < -0.4 is 4.72 Å². The van der Waals surface area contributed by atoms with E-state index in [-0.39, 0.29) is 5.03 Å². The molecule has 9 heteroatoms. The molecule has 0 amide bonds. The maximum atomic E-state index is 12.3. The Kier molecular flexibility index (Phi) is 4.73. The number of aryl methyl sites for hydroxylation is 2. The summed E-state index contributed by atoms with van der Waals surface area (Å²) in [5.74, 6) is 1.23. The second-order valence-electron chi connectivity index (χ2n) is 4.73.